The maximum Gasteiger partial charge on any atom is 0.318 e. The highest BCUT2D eigenvalue weighted by atomic mass is 16.3. The first kappa shape index (κ1) is 33.4. The molecule has 0 fully saturated rings. The number of aromatic hydroxyl groups is 1. The van der Waals surface area contributed by atoms with Gasteiger partial charge in [-0.15, -0.1) is 0 Å². The fraction of sp³-hybridized carbons (Fsp3) is 0. The zero-order valence-corrected chi connectivity index (χ0v) is 29.9. The molecule has 0 amide bonds. The van der Waals surface area contributed by atoms with Crippen molar-refractivity contribution < 1.29 is 5.11 Å². The van der Waals surface area contributed by atoms with Crippen LogP contribution < -0.4 is 0 Å². The molecule has 0 radical (unpaired) electrons. The Bertz CT molecular complexity index is 2450. The van der Waals surface area contributed by atoms with Crippen molar-refractivity contribution in [2.75, 3.05) is 0 Å². The number of rotatable bonds is 8. The lowest BCUT2D eigenvalue weighted by Gasteiger charge is -2.13. The van der Waals surface area contributed by atoms with Crippen molar-refractivity contribution in [2.24, 2.45) is 0 Å². The fourth-order valence-corrected chi connectivity index (χ4v) is 7.08. The molecule has 1 aromatic heterocycles. The summed E-state index contributed by atoms with van der Waals surface area (Å²) < 4.78 is 0. The van der Waals surface area contributed by atoms with Crippen LogP contribution in [0.25, 0.3) is 89.5 Å². The summed E-state index contributed by atoms with van der Waals surface area (Å²) in [6.45, 7) is 0. The molecule has 9 aromatic rings. The summed E-state index contributed by atoms with van der Waals surface area (Å²) in [5, 5.41) is 10.9. The van der Waals surface area contributed by atoms with E-state index in [1.165, 1.54) is 0 Å². The van der Waals surface area contributed by atoms with Gasteiger partial charge in [0, 0.05) is 11.1 Å². The molecule has 0 aliphatic carbocycles. The van der Waals surface area contributed by atoms with Gasteiger partial charge in [-0.2, -0.15) is 9.97 Å². The Hall–Kier alpha value is -7.43. The monoisotopic (exact) mass is 705 g/mol. The Labute approximate surface area is 320 Å². The second kappa shape index (κ2) is 14.9. The molecule has 8 aromatic carbocycles. The third-order valence-corrected chi connectivity index (χ3v) is 9.83. The second-order valence-electron chi connectivity index (χ2n) is 13.5. The van der Waals surface area contributed by atoms with E-state index in [2.05, 4.69) is 168 Å². The molecule has 260 valence electrons. The lowest BCUT2D eigenvalue weighted by molar-refractivity contribution is 0.430. The molecule has 0 saturated carbocycles. The van der Waals surface area contributed by atoms with Crippen molar-refractivity contribution >= 4 is 0 Å². The number of nitrogens with zero attached hydrogens (tertiary/aromatic N) is 3. The van der Waals surface area contributed by atoms with Gasteiger partial charge in [0.05, 0.1) is 0 Å². The third-order valence-electron chi connectivity index (χ3n) is 9.83. The van der Waals surface area contributed by atoms with E-state index < -0.39 is 0 Å². The van der Waals surface area contributed by atoms with Crippen molar-refractivity contribution in [3.05, 3.63) is 206 Å². The molecular weight excluding hydrogens is 671 g/mol. The van der Waals surface area contributed by atoms with Gasteiger partial charge in [-0.25, -0.2) is 4.98 Å². The van der Waals surface area contributed by atoms with Crippen LogP contribution in [0.5, 0.6) is 6.01 Å². The lowest BCUT2D eigenvalue weighted by atomic mass is 9.92. The average Bonchev–Trinajstić information content (AvgIpc) is 3.27. The zero-order chi connectivity index (χ0) is 37.0. The maximum atomic E-state index is 10.9. The zero-order valence-electron chi connectivity index (χ0n) is 29.9. The van der Waals surface area contributed by atoms with Crippen LogP contribution in [0, 0.1) is 0 Å². The second-order valence-corrected chi connectivity index (χ2v) is 13.5. The van der Waals surface area contributed by atoms with Gasteiger partial charge >= 0.3 is 6.01 Å². The smallest absolute Gasteiger partial charge is 0.318 e. The van der Waals surface area contributed by atoms with Crippen LogP contribution in [-0.2, 0) is 0 Å². The first-order valence-corrected chi connectivity index (χ1v) is 18.3. The Morgan fingerprint density at radius 1 is 0.218 bits per heavy atom. The molecule has 0 aliphatic heterocycles. The van der Waals surface area contributed by atoms with Crippen LogP contribution >= 0.6 is 0 Å². The van der Waals surface area contributed by atoms with Gasteiger partial charge in [-0.3, -0.25) is 0 Å². The summed E-state index contributed by atoms with van der Waals surface area (Å²) in [6.07, 6.45) is 0. The van der Waals surface area contributed by atoms with E-state index in [1.54, 1.807) is 0 Å². The molecule has 55 heavy (non-hydrogen) atoms. The van der Waals surface area contributed by atoms with Crippen LogP contribution in [0.4, 0.5) is 0 Å². The quantitative estimate of drug-likeness (QED) is 0.171. The summed E-state index contributed by atoms with van der Waals surface area (Å²) in [4.78, 5) is 13.7. The first-order chi connectivity index (χ1) is 27.1. The topological polar surface area (TPSA) is 58.9 Å². The molecule has 0 spiro atoms. The molecule has 1 heterocycles. The van der Waals surface area contributed by atoms with Gasteiger partial charge in [0.1, 0.15) is 0 Å². The minimum absolute atomic E-state index is 0.328. The Kier molecular flexibility index (Phi) is 9.05. The van der Waals surface area contributed by atoms with Crippen molar-refractivity contribution in [1.29, 1.82) is 0 Å². The first-order valence-electron chi connectivity index (χ1n) is 18.3. The van der Waals surface area contributed by atoms with E-state index in [-0.39, 0.29) is 6.01 Å². The van der Waals surface area contributed by atoms with Crippen LogP contribution in [0.15, 0.2) is 206 Å². The number of hydrogen-bond acceptors (Lipinski definition) is 4. The molecule has 4 nitrogen and oxygen atoms in total. The SMILES string of the molecule is Oc1nc(-c2cccc(-c3cc(-c4ccccc4)cc(-c4ccccc4)c3)c2)nc(-c2cccc(-c3cc(-c4ccccc4)cc(-c4ccccc4)c3)c2)n1. The van der Waals surface area contributed by atoms with Crippen molar-refractivity contribution in [3.63, 3.8) is 0 Å². The summed E-state index contributed by atoms with van der Waals surface area (Å²) >= 11 is 0. The Balaban J connectivity index is 1.10. The van der Waals surface area contributed by atoms with E-state index in [9.17, 15) is 5.11 Å². The van der Waals surface area contributed by atoms with Gasteiger partial charge < -0.3 is 5.11 Å². The molecule has 1 N–H and O–H groups in total. The van der Waals surface area contributed by atoms with Gasteiger partial charge in [-0.1, -0.05) is 158 Å². The van der Waals surface area contributed by atoms with Crippen LogP contribution in [0.1, 0.15) is 0 Å². The van der Waals surface area contributed by atoms with Gasteiger partial charge in [0.2, 0.25) is 0 Å². The van der Waals surface area contributed by atoms with E-state index in [0.717, 1.165) is 77.9 Å². The van der Waals surface area contributed by atoms with Crippen LogP contribution in [-0.4, -0.2) is 20.1 Å². The molecule has 9 rings (SSSR count). The van der Waals surface area contributed by atoms with Crippen molar-refractivity contribution in [2.45, 2.75) is 0 Å². The molecule has 0 unspecified atom stereocenters. The average molecular weight is 706 g/mol. The normalized spacial score (nSPS) is 11.0. The largest absolute Gasteiger partial charge is 0.479 e. The van der Waals surface area contributed by atoms with Crippen molar-refractivity contribution in [1.82, 2.24) is 15.0 Å². The summed E-state index contributed by atoms with van der Waals surface area (Å²) in [7, 11) is 0. The predicted octanol–water partition coefficient (Wildman–Crippen LogP) is 12.9. The molecule has 0 bridgehead atoms. The minimum Gasteiger partial charge on any atom is -0.479 e. The highest BCUT2D eigenvalue weighted by Crippen LogP contribution is 2.36. The molecule has 0 atom stereocenters. The molecule has 0 aliphatic rings. The highest BCUT2D eigenvalue weighted by molar-refractivity contribution is 5.84. The fourth-order valence-electron chi connectivity index (χ4n) is 7.08. The van der Waals surface area contributed by atoms with E-state index >= 15 is 0 Å². The molecular formula is C51H35N3O. The lowest BCUT2D eigenvalue weighted by Crippen LogP contribution is -1.97. The highest BCUT2D eigenvalue weighted by Gasteiger charge is 2.14. The molecule has 0 saturated heterocycles. The van der Waals surface area contributed by atoms with E-state index in [4.69, 9.17) is 4.98 Å². The Morgan fingerprint density at radius 3 is 0.764 bits per heavy atom. The summed E-state index contributed by atoms with van der Waals surface area (Å²) in [5.74, 6) is 0.796. The van der Waals surface area contributed by atoms with E-state index in [1.807, 2.05) is 48.5 Å². The summed E-state index contributed by atoms with van der Waals surface area (Å²) in [6, 6.07) is 71.1. The van der Waals surface area contributed by atoms with Gasteiger partial charge in [0.25, 0.3) is 0 Å². The van der Waals surface area contributed by atoms with Crippen molar-refractivity contribution in [3.8, 4) is 95.5 Å². The number of benzene rings is 8. The third kappa shape index (κ3) is 7.30. The summed E-state index contributed by atoms with van der Waals surface area (Å²) in [5.41, 5.74) is 14.9. The maximum absolute atomic E-state index is 10.9. The predicted molar refractivity (Wildman–Crippen MR) is 225 cm³/mol. The van der Waals surface area contributed by atoms with Crippen LogP contribution in [0.2, 0.25) is 0 Å². The number of aromatic nitrogens is 3. The number of hydrogen-bond donors (Lipinski definition) is 1. The molecule has 4 heteroatoms. The van der Waals surface area contributed by atoms with Crippen LogP contribution in [0.3, 0.4) is 0 Å². The minimum atomic E-state index is -0.328. The van der Waals surface area contributed by atoms with E-state index in [0.29, 0.717) is 11.6 Å². The standard InChI is InChI=1S/C51H35N3O/c55-51-53-49(41-25-13-23-39(27-41)47-31-43(35-15-5-1-6-16-35)29-44(32-47)36-17-7-2-8-18-36)52-50(54-51)42-26-14-24-40(28-42)48-33-45(37-19-9-3-10-20-37)30-46(34-48)38-21-11-4-12-22-38/h1-34H,(H,52,53,54,55). The Morgan fingerprint density at radius 2 is 0.455 bits per heavy atom. The van der Waals surface area contributed by atoms with Gasteiger partial charge in [-0.05, 0) is 115 Å². The van der Waals surface area contributed by atoms with Gasteiger partial charge in [0.15, 0.2) is 11.6 Å².